The van der Waals surface area contributed by atoms with Gasteiger partial charge in [0, 0.05) is 12.6 Å². The first-order valence-electron chi connectivity index (χ1n) is 11.1. The largest absolute Gasteiger partial charge is 0.494 e. The first-order chi connectivity index (χ1) is 13.6. The smallest absolute Gasteiger partial charge is 0.119 e. The highest BCUT2D eigenvalue weighted by molar-refractivity contribution is 5.87. The number of hydrogen-bond donors (Lipinski definition) is 1. The van der Waals surface area contributed by atoms with Crippen LogP contribution in [0.25, 0.3) is 10.8 Å². The van der Waals surface area contributed by atoms with Crippen molar-refractivity contribution in [3.63, 3.8) is 0 Å². The van der Waals surface area contributed by atoms with Crippen LogP contribution in [0.2, 0.25) is 0 Å². The van der Waals surface area contributed by atoms with E-state index in [1.54, 1.807) is 0 Å². The number of ether oxygens (including phenoxy) is 1. The molecule has 3 aliphatic rings. The van der Waals surface area contributed by atoms with Crippen LogP contribution in [0.3, 0.4) is 0 Å². The van der Waals surface area contributed by atoms with Gasteiger partial charge in [-0.25, -0.2) is 0 Å². The average Bonchev–Trinajstić information content (AvgIpc) is 2.72. The topological polar surface area (TPSA) is 32.7 Å². The van der Waals surface area contributed by atoms with Gasteiger partial charge in [-0.3, -0.25) is 4.90 Å². The Morgan fingerprint density at radius 2 is 2.07 bits per heavy atom. The van der Waals surface area contributed by atoms with E-state index in [0.717, 1.165) is 61.1 Å². The van der Waals surface area contributed by atoms with Crippen molar-refractivity contribution in [2.75, 3.05) is 19.7 Å². The molecule has 5 atom stereocenters. The summed E-state index contributed by atoms with van der Waals surface area (Å²) >= 11 is 0. The number of fused-ring (bicyclic) bond motifs is 4. The zero-order valence-electron chi connectivity index (χ0n) is 17.6. The standard InChI is InChI=1S/C25H35NO2/c1-4-18-16-26-12-10-20(18)14-24(26)25(27)22-7-5-6-19-8-9-21(15-23(19)22)28-13-11-17(2)3/h5-9,15,17-18,20,24-25,27H,4,10-14,16H2,1-3H3/t18-,20-,24-,25+/m0/s1. The Hall–Kier alpha value is -1.58. The van der Waals surface area contributed by atoms with E-state index in [1.807, 2.05) is 0 Å². The van der Waals surface area contributed by atoms with Gasteiger partial charge in [0.05, 0.1) is 12.7 Å². The number of piperidine rings is 3. The average molecular weight is 382 g/mol. The Labute approximate surface area is 169 Å². The molecule has 0 radical (unpaired) electrons. The molecule has 2 aromatic rings. The SMILES string of the molecule is CC[C@H]1CN2CC[C@H]1C[C@H]2[C@H](O)c1cccc2ccc(OCCC(C)C)cc12. The normalized spacial score (nSPS) is 28.0. The molecule has 5 rings (SSSR count). The first kappa shape index (κ1) is 19.7. The van der Waals surface area contributed by atoms with E-state index in [2.05, 4.69) is 62.1 Å². The molecule has 3 fully saturated rings. The number of nitrogens with zero attached hydrogens (tertiary/aromatic N) is 1. The minimum Gasteiger partial charge on any atom is -0.494 e. The maximum Gasteiger partial charge on any atom is 0.119 e. The molecule has 3 nitrogen and oxygen atoms in total. The van der Waals surface area contributed by atoms with Gasteiger partial charge in [-0.15, -0.1) is 0 Å². The van der Waals surface area contributed by atoms with E-state index in [1.165, 1.54) is 18.2 Å². The maximum absolute atomic E-state index is 11.4. The number of rotatable bonds is 7. The van der Waals surface area contributed by atoms with Crippen LogP contribution in [0.5, 0.6) is 5.75 Å². The van der Waals surface area contributed by atoms with Crippen LogP contribution in [0, 0.1) is 17.8 Å². The van der Waals surface area contributed by atoms with Crippen LogP contribution in [-0.4, -0.2) is 35.7 Å². The van der Waals surface area contributed by atoms with Crippen molar-refractivity contribution in [3.8, 4) is 5.75 Å². The fourth-order valence-electron chi connectivity index (χ4n) is 5.21. The first-order valence-corrected chi connectivity index (χ1v) is 11.1. The monoisotopic (exact) mass is 381 g/mol. The predicted molar refractivity (Wildman–Crippen MR) is 116 cm³/mol. The number of aliphatic hydroxyl groups is 1. The molecule has 0 spiro atoms. The van der Waals surface area contributed by atoms with E-state index in [9.17, 15) is 5.11 Å². The fraction of sp³-hybridized carbons (Fsp3) is 0.600. The van der Waals surface area contributed by atoms with E-state index in [0.29, 0.717) is 5.92 Å². The van der Waals surface area contributed by atoms with E-state index in [-0.39, 0.29) is 6.04 Å². The summed E-state index contributed by atoms with van der Waals surface area (Å²) in [6.07, 6.45) is 4.30. The summed E-state index contributed by atoms with van der Waals surface area (Å²) in [4.78, 5) is 2.54. The van der Waals surface area contributed by atoms with Gasteiger partial charge in [0.15, 0.2) is 0 Å². The molecule has 2 aromatic carbocycles. The highest BCUT2D eigenvalue weighted by Crippen LogP contribution is 2.43. The number of hydrogen-bond acceptors (Lipinski definition) is 3. The van der Waals surface area contributed by atoms with Crippen LogP contribution in [0.15, 0.2) is 36.4 Å². The summed E-state index contributed by atoms with van der Waals surface area (Å²) in [5, 5.41) is 13.7. The van der Waals surface area contributed by atoms with Gasteiger partial charge in [-0.05, 0) is 72.0 Å². The number of benzene rings is 2. The molecule has 3 heterocycles. The van der Waals surface area contributed by atoms with Crippen molar-refractivity contribution in [1.82, 2.24) is 4.90 Å². The Kier molecular flexibility index (Phi) is 5.93. The Balaban J connectivity index is 1.57. The Morgan fingerprint density at radius 1 is 1.21 bits per heavy atom. The fourth-order valence-corrected chi connectivity index (χ4v) is 5.21. The van der Waals surface area contributed by atoms with Gasteiger partial charge in [-0.2, -0.15) is 0 Å². The van der Waals surface area contributed by atoms with Gasteiger partial charge in [0.2, 0.25) is 0 Å². The van der Waals surface area contributed by atoms with E-state index < -0.39 is 6.10 Å². The molecule has 3 heteroatoms. The number of aliphatic hydroxyl groups excluding tert-OH is 1. The molecule has 3 aliphatic heterocycles. The lowest BCUT2D eigenvalue weighted by Gasteiger charge is -2.51. The minimum absolute atomic E-state index is 0.248. The third-order valence-corrected chi connectivity index (χ3v) is 6.99. The molecular formula is C25H35NO2. The van der Waals surface area contributed by atoms with Crippen LogP contribution in [-0.2, 0) is 0 Å². The van der Waals surface area contributed by atoms with Gasteiger partial charge in [0.25, 0.3) is 0 Å². The predicted octanol–water partition coefficient (Wildman–Crippen LogP) is 5.42. The molecule has 1 N–H and O–H groups in total. The molecule has 152 valence electrons. The van der Waals surface area contributed by atoms with Crippen molar-refractivity contribution in [1.29, 1.82) is 0 Å². The van der Waals surface area contributed by atoms with Gasteiger partial charge >= 0.3 is 0 Å². The molecule has 2 bridgehead atoms. The molecule has 0 saturated carbocycles. The van der Waals surface area contributed by atoms with Crippen molar-refractivity contribution in [2.24, 2.45) is 17.8 Å². The van der Waals surface area contributed by atoms with Crippen LogP contribution < -0.4 is 4.74 Å². The van der Waals surface area contributed by atoms with Crippen molar-refractivity contribution >= 4 is 10.8 Å². The summed E-state index contributed by atoms with van der Waals surface area (Å²) in [7, 11) is 0. The lowest BCUT2D eigenvalue weighted by atomic mass is 9.72. The second kappa shape index (κ2) is 8.42. The molecule has 1 unspecified atom stereocenters. The van der Waals surface area contributed by atoms with Gasteiger partial charge in [0.1, 0.15) is 5.75 Å². The van der Waals surface area contributed by atoms with Crippen molar-refractivity contribution in [3.05, 3.63) is 42.0 Å². The Bertz CT molecular complexity index is 802. The zero-order chi connectivity index (χ0) is 19.7. The second-order valence-electron chi connectivity index (χ2n) is 9.22. The van der Waals surface area contributed by atoms with Crippen molar-refractivity contribution in [2.45, 2.75) is 58.6 Å². The van der Waals surface area contributed by atoms with Gasteiger partial charge in [-0.1, -0.05) is 51.5 Å². The third kappa shape index (κ3) is 3.92. The van der Waals surface area contributed by atoms with E-state index >= 15 is 0 Å². The quantitative estimate of drug-likeness (QED) is 0.695. The minimum atomic E-state index is -0.435. The van der Waals surface area contributed by atoms with Crippen LogP contribution in [0.4, 0.5) is 0 Å². The highest BCUT2D eigenvalue weighted by atomic mass is 16.5. The summed E-state index contributed by atoms with van der Waals surface area (Å²) in [6, 6.07) is 12.9. The molecule has 28 heavy (non-hydrogen) atoms. The molecular weight excluding hydrogens is 346 g/mol. The highest BCUT2D eigenvalue weighted by Gasteiger charge is 2.42. The van der Waals surface area contributed by atoms with Gasteiger partial charge < -0.3 is 9.84 Å². The molecule has 3 saturated heterocycles. The van der Waals surface area contributed by atoms with Crippen LogP contribution in [0.1, 0.15) is 58.1 Å². The zero-order valence-corrected chi connectivity index (χ0v) is 17.6. The third-order valence-electron chi connectivity index (χ3n) is 6.99. The summed E-state index contributed by atoms with van der Waals surface area (Å²) in [5.41, 5.74) is 1.05. The second-order valence-corrected chi connectivity index (χ2v) is 9.22. The van der Waals surface area contributed by atoms with Crippen molar-refractivity contribution < 1.29 is 9.84 Å². The Morgan fingerprint density at radius 3 is 2.79 bits per heavy atom. The lowest BCUT2D eigenvalue weighted by molar-refractivity contribution is -0.0562. The molecule has 0 amide bonds. The maximum atomic E-state index is 11.4. The molecule has 0 aromatic heterocycles. The summed E-state index contributed by atoms with van der Waals surface area (Å²) < 4.78 is 5.99. The summed E-state index contributed by atoms with van der Waals surface area (Å²) in [5.74, 6) is 3.13. The van der Waals surface area contributed by atoms with E-state index in [4.69, 9.17) is 4.74 Å². The van der Waals surface area contributed by atoms with Crippen LogP contribution >= 0.6 is 0 Å². The molecule has 0 aliphatic carbocycles. The summed E-state index contributed by atoms with van der Waals surface area (Å²) in [6.45, 7) is 9.77. The lowest BCUT2D eigenvalue weighted by Crippen LogP contribution is -2.55.